The molecule has 1 saturated heterocycles. The molecule has 8 heteroatoms. The van der Waals surface area contributed by atoms with E-state index in [0.29, 0.717) is 33.9 Å². The SMILES string of the molecule is C=CCN1C(=O)[C@@H](Cc2cc(Cl)ccc2Cl)S/C1=N\N=C/c1ccco1. The zero-order chi connectivity index (χ0) is 18.5. The first-order chi connectivity index (χ1) is 12.6. The molecule has 1 aliphatic heterocycles. The molecule has 5 nitrogen and oxygen atoms in total. The normalized spacial score (nSPS) is 19.0. The molecule has 26 heavy (non-hydrogen) atoms. The molecule has 2 aromatic rings. The van der Waals surface area contributed by atoms with Crippen LogP contribution in [0.1, 0.15) is 11.3 Å². The zero-order valence-electron chi connectivity index (χ0n) is 13.6. The topological polar surface area (TPSA) is 58.2 Å². The number of benzene rings is 1. The van der Waals surface area contributed by atoms with Crippen molar-refractivity contribution in [3.05, 3.63) is 70.6 Å². The minimum atomic E-state index is -0.344. The highest BCUT2D eigenvalue weighted by atomic mass is 35.5. The summed E-state index contributed by atoms with van der Waals surface area (Å²) in [5, 5.41) is 9.51. The number of hydrogen-bond acceptors (Lipinski definition) is 5. The largest absolute Gasteiger partial charge is 0.463 e. The van der Waals surface area contributed by atoms with Gasteiger partial charge in [0.2, 0.25) is 5.91 Å². The second-order valence-corrected chi connectivity index (χ2v) is 7.44. The molecule has 0 spiro atoms. The summed E-state index contributed by atoms with van der Waals surface area (Å²) in [5.41, 5.74) is 0.823. The fourth-order valence-corrected chi connectivity index (χ4v) is 3.93. The summed E-state index contributed by atoms with van der Waals surface area (Å²) in [5.74, 6) is 0.527. The number of hydrogen-bond donors (Lipinski definition) is 0. The molecule has 0 bridgehead atoms. The smallest absolute Gasteiger partial charge is 0.242 e. The summed E-state index contributed by atoms with van der Waals surface area (Å²) in [4.78, 5) is 14.3. The van der Waals surface area contributed by atoms with Gasteiger partial charge in [-0.15, -0.1) is 11.7 Å². The lowest BCUT2D eigenvalue weighted by atomic mass is 10.1. The maximum atomic E-state index is 12.7. The van der Waals surface area contributed by atoms with Gasteiger partial charge < -0.3 is 4.42 Å². The van der Waals surface area contributed by atoms with Gasteiger partial charge in [-0.25, -0.2) is 0 Å². The van der Waals surface area contributed by atoms with Gasteiger partial charge in [-0.1, -0.05) is 41.0 Å². The predicted octanol–water partition coefficient (Wildman–Crippen LogP) is 4.65. The van der Waals surface area contributed by atoms with Gasteiger partial charge in [0, 0.05) is 16.6 Å². The van der Waals surface area contributed by atoms with Gasteiger partial charge in [-0.05, 0) is 42.3 Å². The Morgan fingerprint density at radius 2 is 2.19 bits per heavy atom. The summed E-state index contributed by atoms with van der Waals surface area (Å²) in [6, 6.07) is 8.75. The Kier molecular flexibility index (Phi) is 6.19. The second kappa shape index (κ2) is 8.58. The average Bonchev–Trinajstić information content (AvgIpc) is 3.23. The van der Waals surface area contributed by atoms with Gasteiger partial charge in [-0.3, -0.25) is 9.69 Å². The summed E-state index contributed by atoms with van der Waals surface area (Å²) in [6.45, 7) is 4.06. The van der Waals surface area contributed by atoms with E-state index in [-0.39, 0.29) is 11.2 Å². The van der Waals surface area contributed by atoms with Gasteiger partial charge in [0.05, 0.1) is 17.7 Å². The Hall–Kier alpha value is -2.02. The highest BCUT2D eigenvalue weighted by Gasteiger charge is 2.37. The van der Waals surface area contributed by atoms with E-state index in [0.717, 1.165) is 5.56 Å². The van der Waals surface area contributed by atoms with Crippen LogP contribution >= 0.6 is 35.0 Å². The lowest BCUT2D eigenvalue weighted by Crippen LogP contribution is -2.32. The summed E-state index contributed by atoms with van der Waals surface area (Å²) < 4.78 is 5.17. The first kappa shape index (κ1) is 18.8. The fourth-order valence-electron chi connectivity index (χ4n) is 2.41. The molecule has 0 aliphatic carbocycles. The highest BCUT2D eigenvalue weighted by Crippen LogP contribution is 2.32. The van der Waals surface area contributed by atoms with E-state index in [9.17, 15) is 4.79 Å². The lowest BCUT2D eigenvalue weighted by molar-refractivity contribution is -0.125. The third-order valence-corrected chi connectivity index (χ3v) is 5.39. The highest BCUT2D eigenvalue weighted by molar-refractivity contribution is 8.15. The number of amidine groups is 1. The first-order valence-electron chi connectivity index (χ1n) is 7.76. The molecule has 1 atom stereocenters. The van der Waals surface area contributed by atoms with Gasteiger partial charge in [-0.2, -0.15) is 5.10 Å². The van der Waals surface area contributed by atoms with Crippen molar-refractivity contribution in [3.8, 4) is 0 Å². The van der Waals surface area contributed by atoms with Crippen molar-refractivity contribution in [2.45, 2.75) is 11.7 Å². The molecule has 1 aromatic heterocycles. The van der Waals surface area contributed by atoms with Crippen LogP contribution in [0.15, 0.2) is 63.9 Å². The number of carbonyl (C=O) groups excluding carboxylic acids is 1. The fraction of sp³-hybridized carbons (Fsp3) is 0.167. The zero-order valence-corrected chi connectivity index (χ0v) is 16.0. The molecule has 2 heterocycles. The van der Waals surface area contributed by atoms with Crippen LogP contribution in [0.4, 0.5) is 0 Å². The molecule has 0 radical (unpaired) electrons. The maximum absolute atomic E-state index is 12.7. The third kappa shape index (κ3) is 4.38. The summed E-state index contributed by atoms with van der Waals surface area (Å²) in [7, 11) is 0. The Morgan fingerprint density at radius 1 is 1.35 bits per heavy atom. The van der Waals surface area contributed by atoms with Crippen molar-refractivity contribution in [2.75, 3.05) is 6.54 Å². The van der Waals surface area contributed by atoms with E-state index in [1.54, 1.807) is 47.6 Å². The predicted molar refractivity (Wildman–Crippen MR) is 107 cm³/mol. The van der Waals surface area contributed by atoms with E-state index < -0.39 is 0 Å². The average molecular weight is 408 g/mol. The molecule has 3 rings (SSSR count). The molecular weight excluding hydrogens is 393 g/mol. The van der Waals surface area contributed by atoms with Crippen LogP contribution in [0.3, 0.4) is 0 Å². The number of halogens is 2. The molecule has 1 aliphatic rings. The Balaban J connectivity index is 1.79. The van der Waals surface area contributed by atoms with E-state index in [4.69, 9.17) is 27.6 Å². The van der Waals surface area contributed by atoms with Crippen molar-refractivity contribution in [1.82, 2.24) is 4.90 Å². The van der Waals surface area contributed by atoms with E-state index in [1.165, 1.54) is 18.0 Å². The van der Waals surface area contributed by atoms with Gasteiger partial charge in [0.25, 0.3) is 0 Å². The van der Waals surface area contributed by atoms with Crippen LogP contribution in [0, 0.1) is 0 Å². The minimum Gasteiger partial charge on any atom is -0.463 e. The van der Waals surface area contributed by atoms with E-state index in [1.807, 2.05) is 0 Å². The van der Waals surface area contributed by atoms with Gasteiger partial charge in [0.1, 0.15) is 5.76 Å². The quantitative estimate of drug-likeness (QED) is 0.397. The maximum Gasteiger partial charge on any atom is 0.242 e. The molecule has 0 N–H and O–H groups in total. The minimum absolute atomic E-state index is 0.0575. The van der Waals surface area contributed by atoms with Crippen molar-refractivity contribution in [2.24, 2.45) is 10.2 Å². The standard InChI is InChI=1S/C18H15Cl2N3O2S/c1-2-7-23-17(24)16(10-12-9-13(19)5-6-15(12)20)26-18(23)22-21-11-14-4-3-8-25-14/h2-6,8-9,11,16H,1,7,10H2/b21-11-,22-18-/t16-/m1/s1. The molecular formula is C18H15Cl2N3O2S. The number of carbonyl (C=O) groups is 1. The van der Waals surface area contributed by atoms with Crippen molar-refractivity contribution in [1.29, 1.82) is 0 Å². The van der Waals surface area contributed by atoms with Gasteiger partial charge in [0.15, 0.2) is 5.17 Å². The summed E-state index contributed by atoms with van der Waals surface area (Å²) in [6.07, 6.45) is 5.15. The van der Waals surface area contributed by atoms with Gasteiger partial charge >= 0.3 is 0 Å². The van der Waals surface area contributed by atoms with Crippen molar-refractivity contribution < 1.29 is 9.21 Å². The number of rotatable bonds is 6. The van der Waals surface area contributed by atoms with Crippen LogP contribution in [0.5, 0.6) is 0 Å². The molecule has 1 amide bonds. The van der Waals surface area contributed by atoms with Crippen LogP contribution in [-0.2, 0) is 11.2 Å². The number of amides is 1. The van der Waals surface area contributed by atoms with Crippen LogP contribution < -0.4 is 0 Å². The number of nitrogens with zero attached hydrogens (tertiary/aromatic N) is 3. The monoisotopic (exact) mass is 407 g/mol. The Bertz CT molecular complexity index is 865. The Labute approximate surface area is 165 Å². The van der Waals surface area contributed by atoms with Crippen LogP contribution in [0.25, 0.3) is 0 Å². The molecule has 0 saturated carbocycles. The van der Waals surface area contributed by atoms with E-state index >= 15 is 0 Å². The molecule has 1 aromatic carbocycles. The Morgan fingerprint density at radius 3 is 2.92 bits per heavy atom. The molecule has 134 valence electrons. The van der Waals surface area contributed by atoms with Crippen molar-refractivity contribution >= 4 is 52.3 Å². The van der Waals surface area contributed by atoms with Crippen LogP contribution in [0.2, 0.25) is 10.0 Å². The number of furan rings is 1. The number of thioether (sulfide) groups is 1. The van der Waals surface area contributed by atoms with E-state index in [2.05, 4.69) is 16.8 Å². The second-order valence-electron chi connectivity index (χ2n) is 5.43. The molecule has 1 fully saturated rings. The summed E-state index contributed by atoms with van der Waals surface area (Å²) >= 11 is 13.6. The first-order valence-corrected chi connectivity index (χ1v) is 9.39. The molecule has 0 unspecified atom stereocenters. The van der Waals surface area contributed by atoms with Crippen LogP contribution in [-0.4, -0.2) is 34.0 Å². The van der Waals surface area contributed by atoms with Crippen molar-refractivity contribution in [3.63, 3.8) is 0 Å². The lowest BCUT2D eigenvalue weighted by Gasteiger charge is -2.13. The third-order valence-electron chi connectivity index (χ3n) is 3.62.